The first-order valence-electron chi connectivity index (χ1n) is 13.6. The predicted molar refractivity (Wildman–Crippen MR) is 164 cm³/mol. The van der Waals surface area contributed by atoms with Crippen LogP contribution in [0.1, 0.15) is 12.8 Å². The van der Waals surface area contributed by atoms with Gasteiger partial charge in [0.2, 0.25) is 0 Å². The third-order valence-electron chi connectivity index (χ3n) is 7.12. The van der Waals surface area contributed by atoms with E-state index in [0.717, 1.165) is 44.1 Å². The van der Waals surface area contributed by atoms with Crippen molar-refractivity contribution in [3.63, 3.8) is 0 Å². The fourth-order valence-corrected chi connectivity index (χ4v) is 5.61. The Bertz CT molecular complexity index is 1570. The second-order valence-electron chi connectivity index (χ2n) is 9.81. The summed E-state index contributed by atoms with van der Waals surface area (Å²) < 4.78 is 0. The van der Waals surface area contributed by atoms with Gasteiger partial charge in [0, 0.05) is 69.4 Å². The van der Waals surface area contributed by atoms with Gasteiger partial charge in [-0.05, 0) is 37.1 Å². The van der Waals surface area contributed by atoms with Gasteiger partial charge in [-0.2, -0.15) is 9.59 Å². The molecule has 0 saturated carbocycles. The van der Waals surface area contributed by atoms with Crippen molar-refractivity contribution >= 4 is 64.2 Å². The van der Waals surface area contributed by atoms with Crippen LogP contribution in [0.2, 0.25) is 10.3 Å². The average Bonchev–Trinajstić information content (AvgIpc) is 3.64. The van der Waals surface area contributed by atoms with Crippen LogP contribution in [-0.4, -0.2) is 80.3 Å². The predicted octanol–water partition coefficient (Wildman–Crippen LogP) is 3.79. The van der Waals surface area contributed by atoms with Gasteiger partial charge in [-0.15, -0.1) is 0 Å². The standard InChI is InChI=1S/C14H13ClN6O.C9H10ClN3.C4H4N2.CO2/c15-11-2-1-10-13(18-11)21(9-3-6-20(10)8-9)14(22)19-12-7-16-4-5-17-12;10-8-2-1-7-9(12-8)11-6-3-4-13(7)5-6;1-2-6-4-3-5-1;2-1-3/h1-2,4-5,7,9H,3,6,8H2,(H,17,19,22);1-2,6H,3-5H2,(H,11,12);1-4H;/t9-;6-;;/m00../s1. The van der Waals surface area contributed by atoms with Gasteiger partial charge >= 0.3 is 12.2 Å². The number of nitrogens with one attached hydrogen (secondary N) is 2. The minimum absolute atomic E-state index is 0.0927. The Labute approximate surface area is 262 Å². The third kappa shape index (κ3) is 7.35. The Morgan fingerprint density at radius 3 is 2.16 bits per heavy atom. The average molecular weight is 637 g/mol. The molecule has 16 heteroatoms. The molecule has 2 saturated heterocycles. The number of hydrogen-bond acceptors (Lipinski definition) is 12. The van der Waals surface area contributed by atoms with E-state index in [9.17, 15) is 4.79 Å². The Balaban J connectivity index is 0.000000146. The summed E-state index contributed by atoms with van der Waals surface area (Å²) in [5.74, 6) is 1.96. The number of rotatable bonds is 1. The summed E-state index contributed by atoms with van der Waals surface area (Å²) in [5, 5.41) is 7.10. The van der Waals surface area contributed by atoms with E-state index in [1.165, 1.54) is 24.5 Å². The van der Waals surface area contributed by atoms with Crippen molar-refractivity contribution in [3.05, 3.63) is 77.9 Å². The summed E-state index contributed by atoms with van der Waals surface area (Å²) in [7, 11) is 0. The van der Waals surface area contributed by atoms with Gasteiger partial charge in [-0.3, -0.25) is 25.2 Å². The van der Waals surface area contributed by atoms with E-state index in [0.29, 0.717) is 28.0 Å². The molecule has 226 valence electrons. The summed E-state index contributed by atoms with van der Waals surface area (Å²) in [6.45, 7) is 3.96. The van der Waals surface area contributed by atoms with E-state index in [1.807, 2.05) is 18.2 Å². The highest BCUT2D eigenvalue weighted by Gasteiger charge is 2.40. The second-order valence-corrected chi connectivity index (χ2v) is 10.6. The van der Waals surface area contributed by atoms with Crippen molar-refractivity contribution < 1.29 is 14.4 Å². The quantitative estimate of drug-likeness (QED) is 0.291. The van der Waals surface area contributed by atoms with E-state index in [2.05, 4.69) is 50.3 Å². The molecule has 0 aliphatic carbocycles. The lowest BCUT2D eigenvalue weighted by molar-refractivity contribution is -0.191. The molecule has 8 rings (SSSR count). The number of carbonyl (C=O) groups is 1. The lowest BCUT2D eigenvalue weighted by Gasteiger charge is -2.35. The number of urea groups is 1. The highest BCUT2D eigenvalue weighted by atomic mass is 35.5. The molecule has 4 aromatic rings. The second kappa shape index (κ2) is 14.5. The maximum atomic E-state index is 12.7. The van der Waals surface area contributed by atoms with E-state index >= 15 is 0 Å². The van der Waals surface area contributed by atoms with Crippen LogP contribution in [0.3, 0.4) is 0 Å². The molecule has 2 atom stereocenters. The molecule has 44 heavy (non-hydrogen) atoms. The smallest absolute Gasteiger partial charge is 0.366 e. The number of anilines is 5. The molecule has 14 nitrogen and oxygen atoms in total. The molecule has 0 aromatic carbocycles. The van der Waals surface area contributed by atoms with E-state index in [4.69, 9.17) is 32.8 Å². The summed E-state index contributed by atoms with van der Waals surface area (Å²) in [5.41, 5.74) is 2.13. The van der Waals surface area contributed by atoms with E-state index < -0.39 is 0 Å². The number of nitrogens with zero attached hydrogens (tertiary/aromatic N) is 9. The van der Waals surface area contributed by atoms with Gasteiger partial charge in [0.1, 0.15) is 10.3 Å². The first-order chi connectivity index (χ1) is 21.5. The Morgan fingerprint density at radius 2 is 1.48 bits per heavy atom. The topological polar surface area (TPSA) is 162 Å². The Morgan fingerprint density at radius 1 is 0.841 bits per heavy atom. The number of amides is 2. The zero-order valence-electron chi connectivity index (χ0n) is 23.3. The van der Waals surface area contributed by atoms with Crippen molar-refractivity contribution in [2.75, 3.05) is 51.5 Å². The van der Waals surface area contributed by atoms with Gasteiger partial charge < -0.3 is 15.1 Å². The third-order valence-corrected chi connectivity index (χ3v) is 7.54. The van der Waals surface area contributed by atoms with Crippen LogP contribution in [0.15, 0.2) is 67.6 Å². The fourth-order valence-electron chi connectivity index (χ4n) is 5.31. The van der Waals surface area contributed by atoms with Crippen LogP contribution in [-0.2, 0) is 9.59 Å². The van der Waals surface area contributed by atoms with Gasteiger partial charge in [0.05, 0.1) is 23.6 Å². The van der Waals surface area contributed by atoms with Crippen molar-refractivity contribution in [1.82, 2.24) is 29.9 Å². The van der Waals surface area contributed by atoms with Crippen molar-refractivity contribution in [2.24, 2.45) is 0 Å². The molecule has 4 bridgehead atoms. The number of fused-ring (bicyclic) bond motifs is 8. The minimum atomic E-state index is -0.261. The molecule has 0 spiro atoms. The molecule has 4 aliphatic rings. The molecular formula is C28H27Cl2N11O3. The molecule has 4 aromatic heterocycles. The lowest BCUT2D eigenvalue weighted by Crippen LogP contribution is -2.48. The summed E-state index contributed by atoms with van der Waals surface area (Å²) >= 11 is 11.8. The van der Waals surface area contributed by atoms with E-state index in [-0.39, 0.29) is 18.2 Å². The Kier molecular flexibility index (Phi) is 10.1. The normalized spacial score (nSPS) is 17.9. The first-order valence-corrected chi connectivity index (χ1v) is 14.4. The minimum Gasteiger partial charge on any atom is -0.366 e. The molecule has 0 unspecified atom stereocenters. The van der Waals surface area contributed by atoms with Gasteiger partial charge in [-0.1, -0.05) is 23.2 Å². The molecule has 2 fully saturated rings. The summed E-state index contributed by atoms with van der Waals surface area (Å²) in [6, 6.07) is 7.95. The summed E-state index contributed by atoms with van der Waals surface area (Å²) in [6.07, 6.45) is 13.5. The lowest BCUT2D eigenvalue weighted by atomic mass is 10.2. The maximum Gasteiger partial charge on any atom is 0.373 e. The zero-order chi connectivity index (χ0) is 30.9. The van der Waals surface area contributed by atoms with Gasteiger partial charge in [-0.25, -0.2) is 19.7 Å². The summed E-state index contributed by atoms with van der Waals surface area (Å²) in [4.78, 5) is 59.3. The zero-order valence-corrected chi connectivity index (χ0v) is 24.8. The van der Waals surface area contributed by atoms with Crippen LogP contribution in [0, 0.1) is 0 Å². The van der Waals surface area contributed by atoms with E-state index in [1.54, 1.807) is 42.0 Å². The number of aromatic nitrogens is 6. The Hall–Kier alpha value is -4.91. The SMILES string of the molecule is Clc1ccc2c(n1)N[C@H]1CCN2C1.O=C(Nc1cnccn1)N1c2nc(Cl)ccc2N2CC[C@H]1C2.O=C=O.c1cnccn1. The monoisotopic (exact) mass is 635 g/mol. The number of carbonyl (C=O) groups excluding carboxylic acids is 3. The molecule has 0 radical (unpaired) electrons. The number of halogens is 2. The molecule has 8 heterocycles. The number of pyridine rings is 2. The number of hydrogen-bond donors (Lipinski definition) is 2. The van der Waals surface area contributed by atoms with Crippen molar-refractivity contribution in [3.8, 4) is 0 Å². The largest absolute Gasteiger partial charge is 0.373 e. The van der Waals surface area contributed by atoms with Crippen LogP contribution in [0.4, 0.5) is 33.6 Å². The van der Waals surface area contributed by atoms with Gasteiger partial charge in [0.25, 0.3) is 0 Å². The molecule has 2 amide bonds. The van der Waals surface area contributed by atoms with Crippen LogP contribution in [0.25, 0.3) is 0 Å². The highest BCUT2D eigenvalue weighted by molar-refractivity contribution is 6.30. The van der Waals surface area contributed by atoms with Gasteiger partial charge in [0.15, 0.2) is 17.5 Å². The van der Waals surface area contributed by atoms with Crippen LogP contribution < -0.4 is 25.3 Å². The molecule has 4 aliphatic heterocycles. The van der Waals surface area contributed by atoms with Crippen molar-refractivity contribution in [1.29, 1.82) is 0 Å². The van der Waals surface area contributed by atoms with Crippen LogP contribution >= 0.6 is 23.2 Å². The van der Waals surface area contributed by atoms with Crippen LogP contribution in [0.5, 0.6) is 0 Å². The molecular weight excluding hydrogens is 609 g/mol. The molecule has 2 N–H and O–H groups in total. The fraction of sp³-hybridized carbons (Fsp3) is 0.286. The highest BCUT2D eigenvalue weighted by Crippen LogP contribution is 2.39. The maximum absolute atomic E-state index is 12.7. The first kappa shape index (κ1) is 30.5. The van der Waals surface area contributed by atoms with Crippen molar-refractivity contribution in [2.45, 2.75) is 24.9 Å².